The summed E-state index contributed by atoms with van der Waals surface area (Å²) in [6, 6.07) is -3.54. The first-order chi connectivity index (χ1) is 14.5. The minimum atomic E-state index is -1.18. The number of aliphatic imine (C=N–C) groups is 1. The summed E-state index contributed by atoms with van der Waals surface area (Å²) in [5, 5.41) is 14.6. The van der Waals surface area contributed by atoms with Gasteiger partial charge >= 0.3 is 5.97 Å². The number of hydrogen-bond donors (Lipinski definition) is 6. The summed E-state index contributed by atoms with van der Waals surface area (Å²) in [5.74, 6) is -2.88. The lowest BCUT2D eigenvalue weighted by molar-refractivity contribution is -0.145. The van der Waals surface area contributed by atoms with Crippen LogP contribution < -0.4 is 27.8 Å². The summed E-state index contributed by atoms with van der Waals surface area (Å²) in [5.41, 5.74) is 16.1. The average Bonchev–Trinajstić information content (AvgIpc) is 3.16. The molecule has 3 amide bonds. The SMILES string of the molecule is CC(N)C(=O)NC(C(=O)N1CCCC1C(=O)NC(CCCN=C(N)N)C(=O)O)C(C)C. The second-order valence-electron chi connectivity index (χ2n) is 8.06. The Kier molecular flexibility index (Phi) is 10.2. The normalized spacial score (nSPS) is 18.7. The predicted octanol–water partition coefficient (Wildman–Crippen LogP) is -1.91. The molecule has 0 spiro atoms. The third-order valence-corrected chi connectivity index (χ3v) is 5.04. The largest absolute Gasteiger partial charge is 0.480 e. The molecule has 0 radical (unpaired) electrons. The van der Waals surface area contributed by atoms with Crippen molar-refractivity contribution >= 4 is 29.7 Å². The van der Waals surface area contributed by atoms with Crippen LogP contribution in [0.5, 0.6) is 0 Å². The van der Waals surface area contributed by atoms with E-state index in [4.69, 9.17) is 17.2 Å². The van der Waals surface area contributed by atoms with Crippen molar-refractivity contribution in [3.05, 3.63) is 0 Å². The van der Waals surface area contributed by atoms with Gasteiger partial charge in [-0.05, 0) is 38.5 Å². The topological polar surface area (TPSA) is 206 Å². The first kappa shape index (κ1) is 26.1. The Morgan fingerprint density at radius 1 is 1.16 bits per heavy atom. The lowest BCUT2D eigenvalue weighted by Gasteiger charge is -2.31. The highest BCUT2D eigenvalue weighted by atomic mass is 16.4. The number of guanidine groups is 1. The Hall–Kier alpha value is -2.89. The van der Waals surface area contributed by atoms with Crippen molar-refractivity contribution in [1.29, 1.82) is 0 Å². The van der Waals surface area contributed by atoms with Gasteiger partial charge in [0.1, 0.15) is 18.1 Å². The molecule has 1 saturated heterocycles. The molecule has 0 saturated carbocycles. The van der Waals surface area contributed by atoms with Crippen LogP contribution in [0.3, 0.4) is 0 Å². The van der Waals surface area contributed by atoms with Crippen molar-refractivity contribution in [2.45, 2.75) is 70.6 Å². The molecule has 12 nitrogen and oxygen atoms in total. The van der Waals surface area contributed by atoms with Crippen LogP contribution in [0.4, 0.5) is 0 Å². The Balaban J connectivity index is 2.83. The molecule has 31 heavy (non-hydrogen) atoms. The number of nitrogens with one attached hydrogen (secondary N) is 2. The Morgan fingerprint density at radius 3 is 2.32 bits per heavy atom. The van der Waals surface area contributed by atoms with Gasteiger partial charge in [0.25, 0.3) is 0 Å². The number of nitrogens with zero attached hydrogens (tertiary/aromatic N) is 2. The molecule has 9 N–H and O–H groups in total. The van der Waals surface area contributed by atoms with Crippen LogP contribution in [-0.2, 0) is 19.2 Å². The fraction of sp³-hybridized carbons (Fsp3) is 0.737. The lowest BCUT2D eigenvalue weighted by Crippen LogP contribution is -2.57. The van der Waals surface area contributed by atoms with Gasteiger partial charge < -0.3 is 37.8 Å². The molecule has 0 aromatic carbocycles. The highest BCUT2D eigenvalue weighted by molar-refractivity contribution is 5.94. The van der Waals surface area contributed by atoms with Crippen molar-refractivity contribution in [2.75, 3.05) is 13.1 Å². The summed E-state index contributed by atoms with van der Waals surface area (Å²) in [6.45, 7) is 5.67. The molecule has 12 heteroatoms. The number of hydrogen-bond acceptors (Lipinski definition) is 6. The van der Waals surface area contributed by atoms with Gasteiger partial charge in [-0.1, -0.05) is 13.8 Å². The van der Waals surface area contributed by atoms with Crippen molar-refractivity contribution in [3.8, 4) is 0 Å². The average molecular weight is 442 g/mol. The number of rotatable bonds is 11. The van der Waals surface area contributed by atoms with E-state index in [1.165, 1.54) is 11.8 Å². The van der Waals surface area contributed by atoms with Gasteiger partial charge in [-0.2, -0.15) is 0 Å². The summed E-state index contributed by atoms with van der Waals surface area (Å²) in [6.07, 6.45) is 1.50. The molecule has 176 valence electrons. The van der Waals surface area contributed by atoms with E-state index in [1.54, 1.807) is 13.8 Å². The summed E-state index contributed by atoms with van der Waals surface area (Å²) < 4.78 is 0. The first-order valence-corrected chi connectivity index (χ1v) is 10.4. The minimum Gasteiger partial charge on any atom is -0.480 e. The van der Waals surface area contributed by atoms with Crippen LogP contribution in [0.2, 0.25) is 0 Å². The van der Waals surface area contributed by atoms with Gasteiger partial charge in [0.05, 0.1) is 6.04 Å². The van der Waals surface area contributed by atoms with Gasteiger partial charge in [0, 0.05) is 13.1 Å². The van der Waals surface area contributed by atoms with E-state index in [-0.39, 0.29) is 30.8 Å². The summed E-state index contributed by atoms with van der Waals surface area (Å²) in [7, 11) is 0. The Bertz CT molecular complexity index is 691. The van der Waals surface area contributed by atoms with Crippen molar-refractivity contribution in [3.63, 3.8) is 0 Å². The third-order valence-electron chi connectivity index (χ3n) is 5.04. The second-order valence-corrected chi connectivity index (χ2v) is 8.06. The molecule has 1 rings (SSSR count). The lowest BCUT2D eigenvalue weighted by atomic mass is 10.0. The molecule has 4 unspecified atom stereocenters. The summed E-state index contributed by atoms with van der Waals surface area (Å²) in [4.78, 5) is 54.6. The molecule has 1 heterocycles. The van der Waals surface area contributed by atoms with E-state index in [2.05, 4.69) is 15.6 Å². The van der Waals surface area contributed by atoms with Crippen LogP contribution in [0.25, 0.3) is 0 Å². The standard InChI is InChI=1S/C19H35N7O5/c1-10(2)14(25-15(27)11(3)20)17(29)26-9-5-7-13(26)16(28)24-12(18(30)31)6-4-8-23-19(21)22/h10-14H,4-9,20H2,1-3H3,(H,24,28)(H,25,27)(H,30,31)(H4,21,22,23). The maximum absolute atomic E-state index is 13.1. The zero-order valence-corrected chi connectivity index (χ0v) is 18.3. The number of nitrogens with two attached hydrogens (primary N) is 3. The van der Waals surface area contributed by atoms with E-state index in [1.807, 2.05) is 0 Å². The Morgan fingerprint density at radius 2 is 1.81 bits per heavy atom. The molecule has 1 aliphatic heterocycles. The van der Waals surface area contributed by atoms with Gasteiger partial charge in [-0.15, -0.1) is 0 Å². The van der Waals surface area contributed by atoms with Gasteiger partial charge in [-0.3, -0.25) is 19.4 Å². The molecular weight excluding hydrogens is 406 g/mol. The van der Waals surface area contributed by atoms with Crippen molar-refractivity contribution in [2.24, 2.45) is 28.1 Å². The molecule has 4 atom stereocenters. The first-order valence-electron chi connectivity index (χ1n) is 10.4. The quantitative estimate of drug-likeness (QED) is 0.121. The molecule has 0 aromatic heterocycles. The predicted molar refractivity (Wildman–Crippen MR) is 115 cm³/mol. The fourth-order valence-electron chi connectivity index (χ4n) is 3.31. The summed E-state index contributed by atoms with van der Waals surface area (Å²) >= 11 is 0. The van der Waals surface area contributed by atoms with Crippen LogP contribution in [0.1, 0.15) is 46.5 Å². The zero-order valence-electron chi connectivity index (χ0n) is 18.3. The van der Waals surface area contributed by atoms with Crippen molar-refractivity contribution < 1.29 is 24.3 Å². The molecule has 1 aliphatic rings. The van der Waals surface area contributed by atoms with E-state index in [0.717, 1.165) is 0 Å². The minimum absolute atomic E-state index is 0.0909. The molecule has 0 aliphatic carbocycles. The highest BCUT2D eigenvalue weighted by Gasteiger charge is 2.39. The number of carbonyl (C=O) groups excluding carboxylic acids is 3. The van der Waals surface area contributed by atoms with E-state index in [9.17, 15) is 24.3 Å². The number of likely N-dealkylation sites (tertiary alicyclic amines) is 1. The van der Waals surface area contributed by atoms with Gasteiger partial charge in [-0.25, -0.2) is 4.79 Å². The van der Waals surface area contributed by atoms with Gasteiger partial charge in [0.15, 0.2) is 5.96 Å². The second kappa shape index (κ2) is 12.1. The van der Waals surface area contributed by atoms with Crippen LogP contribution in [0, 0.1) is 5.92 Å². The zero-order chi connectivity index (χ0) is 23.7. The van der Waals surface area contributed by atoms with Crippen LogP contribution >= 0.6 is 0 Å². The maximum Gasteiger partial charge on any atom is 0.326 e. The number of amides is 3. The van der Waals surface area contributed by atoms with E-state index >= 15 is 0 Å². The van der Waals surface area contributed by atoms with Gasteiger partial charge in [0.2, 0.25) is 17.7 Å². The third kappa shape index (κ3) is 8.04. The molecule has 1 fully saturated rings. The van der Waals surface area contributed by atoms with Crippen LogP contribution in [0.15, 0.2) is 4.99 Å². The molecule has 0 bridgehead atoms. The number of carboxylic acid groups (broad SMARTS) is 1. The maximum atomic E-state index is 13.1. The Labute approximate surface area is 182 Å². The number of carboxylic acids is 1. The smallest absolute Gasteiger partial charge is 0.326 e. The van der Waals surface area contributed by atoms with E-state index in [0.29, 0.717) is 25.8 Å². The molecule has 0 aromatic rings. The van der Waals surface area contributed by atoms with Crippen LogP contribution in [-0.4, -0.2) is 76.9 Å². The monoisotopic (exact) mass is 441 g/mol. The fourth-order valence-corrected chi connectivity index (χ4v) is 3.31. The van der Waals surface area contributed by atoms with Crippen molar-refractivity contribution in [1.82, 2.24) is 15.5 Å². The highest BCUT2D eigenvalue weighted by Crippen LogP contribution is 2.21. The van der Waals surface area contributed by atoms with E-state index < -0.39 is 42.0 Å². The molecular formula is C19H35N7O5. The number of aliphatic carboxylic acids is 1. The number of carbonyl (C=O) groups is 4.